The summed E-state index contributed by atoms with van der Waals surface area (Å²) in [6.07, 6.45) is 1.80. The zero-order chi connectivity index (χ0) is 22.8. The highest BCUT2D eigenvalue weighted by Gasteiger charge is 2.21. The fraction of sp³-hybridized carbons (Fsp3) is 0.227. The lowest BCUT2D eigenvalue weighted by atomic mass is 9.94. The number of aliphatic hydroxyl groups is 1. The molecule has 2 amide bonds. The molecular formula is C22H29N6O3+. The van der Waals surface area contributed by atoms with Crippen LogP contribution in [0, 0.1) is 0 Å². The standard InChI is InChI=1S/C22H28N6O3/c1-26-12-10-19(29)22(31)28-20(25)17-13-15(7-8-18(17)24)27-21(30)16(9-11-23)14-5-3-2-4-6-14/h2-8,10,13,16,26,29H,9,11-12,23-24H2,1H3,(H,27,30)(H2,25,28,31)/p+1/b19-10-. The van der Waals surface area contributed by atoms with E-state index in [1.165, 1.54) is 6.08 Å². The third-order valence-corrected chi connectivity index (χ3v) is 4.57. The normalized spacial score (nSPS) is 13.0. The molecule has 0 saturated carbocycles. The Labute approximate surface area is 181 Å². The molecule has 0 saturated heterocycles. The number of nitrogen functional groups attached to an aromatic ring is 2. The first kappa shape index (κ1) is 23.6. The predicted octanol–water partition coefficient (Wildman–Crippen LogP) is -0.686. The first-order valence-corrected chi connectivity index (χ1v) is 9.80. The third kappa shape index (κ3) is 6.66. The van der Waals surface area contributed by atoms with Crippen molar-refractivity contribution in [2.24, 2.45) is 11.5 Å². The van der Waals surface area contributed by atoms with E-state index in [2.05, 4.69) is 15.6 Å². The van der Waals surface area contributed by atoms with Crippen LogP contribution in [-0.4, -0.2) is 42.9 Å². The molecule has 0 aromatic heterocycles. The second-order valence-corrected chi connectivity index (χ2v) is 6.85. The van der Waals surface area contributed by atoms with E-state index in [1.807, 2.05) is 30.3 Å². The van der Waals surface area contributed by atoms with Gasteiger partial charge in [0.25, 0.3) is 5.84 Å². The van der Waals surface area contributed by atoms with Gasteiger partial charge in [0.05, 0.1) is 11.5 Å². The minimum Gasteiger partial charge on any atom is -0.502 e. The molecule has 0 aliphatic carbocycles. The van der Waals surface area contributed by atoms with Crippen molar-refractivity contribution in [1.82, 2.24) is 5.32 Å². The molecule has 31 heavy (non-hydrogen) atoms. The number of hydrogen-bond donors (Lipinski definition) is 7. The fourth-order valence-electron chi connectivity index (χ4n) is 2.94. The summed E-state index contributed by atoms with van der Waals surface area (Å²) in [6.45, 7) is 0.672. The molecule has 0 spiro atoms. The Kier molecular flexibility index (Phi) is 8.74. The van der Waals surface area contributed by atoms with Gasteiger partial charge in [-0.25, -0.2) is 9.79 Å². The number of rotatable bonds is 9. The van der Waals surface area contributed by atoms with Crippen LogP contribution in [0.3, 0.4) is 0 Å². The predicted molar refractivity (Wildman–Crippen MR) is 121 cm³/mol. The van der Waals surface area contributed by atoms with Crippen molar-refractivity contribution in [2.75, 3.05) is 31.2 Å². The van der Waals surface area contributed by atoms with Crippen molar-refractivity contribution in [3.8, 4) is 0 Å². The lowest BCUT2D eigenvalue weighted by Crippen LogP contribution is -2.80. The van der Waals surface area contributed by atoms with E-state index in [9.17, 15) is 14.7 Å². The summed E-state index contributed by atoms with van der Waals surface area (Å²) in [7, 11) is 1.68. The lowest BCUT2D eigenvalue weighted by molar-refractivity contribution is -0.375. The van der Waals surface area contributed by atoms with Crippen LogP contribution >= 0.6 is 0 Å². The van der Waals surface area contributed by atoms with Gasteiger partial charge in [-0.05, 0) is 49.9 Å². The van der Waals surface area contributed by atoms with Crippen molar-refractivity contribution in [2.45, 2.75) is 12.3 Å². The van der Waals surface area contributed by atoms with Crippen molar-refractivity contribution < 1.29 is 19.7 Å². The second kappa shape index (κ2) is 11.5. The van der Waals surface area contributed by atoms with Gasteiger partial charge in [-0.3, -0.25) is 10.5 Å². The minimum atomic E-state index is -0.770. The maximum Gasteiger partial charge on any atom is 0.373 e. The maximum absolute atomic E-state index is 12.9. The quantitative estimate of drug-likeness (QED) is 0.0916. The van der Waals surface area contributed by atoms with Crippen LogP contribution in [0.2, 0.25) is 0 Å². The van der Waals surface area contributed by atoms with Gasteiger partial charge in [-0.1, -0.05) is 30.3 Å². The number of nitrogens with two attached hydrogens (primary N) is 3. The number of amidine groups is 1. The van der Waals surface area contributed by atoms with Crippen LogP contribution in [0.25, 0.3) is 0 Å². The van der Waals surface area contributed by atoms with E-state index < -0.39 is 17.6 Å². The molecule has 0 aliphatic heterocycles. The van der Waals surface area contributed by atoms with Gasteiger partial charge < -0.3 is 27.2 Å². The first-order chi connectivity index (χ1) is 14.9. The molecule has 9 heteroatoms. The summed E-state index contributed by atoms with van der Waals surface area (Å²) in [4.78, 5) is 27.3. The minimum absolute atomic E-state index is 0.0513. The maximum atomic E-state index is 12.9. The summed E-state index contributed by atoms with van der Waals surface area (Å²) in [5.74, 6) is -1.93. The van der Waals surface area contributed by atoms with Crippen molar-refractivity contribution >= 4 is 29.0 Å². The highest BCUT2D eigenvalue weighted by atomic mass is 16.3. The molecule has 2 aromatic carbocycles. The van der Waals surface area contributed by atoms with Gasteiger partial charge in [0.1, 0.15) is 0 Å². The number of amides is 2. The van der Waals surface area contributed by atoms with Crippen LogP contribution in [0.1, 0.15) is 23.5 Å². The van der Waals surface area contributed by atoms with Gasteiger partial charge in [-0.15, -0.1) is 0 Å². The highest BCUT2D eigenvalue weighted by molar-refractivity contribution is 6.03. The molecule has 0 fully saturated rings. The molecule has 0 bridgehead atoms. The molecular weight excluding hydrogens is 396 g/mol. The second-order valence-electron chi connectivity index (χ2n) is 6.85. The van der Waals surface area contributed by atoms with Crippen LogP contribution < -0.4 is 32.8 Å². The SMILES string of the molecule is CNC/C=C(\O)C(=O)[NH+]=C(N)c1cc(NC(=O)C(CCN)c2ccccc2)ccc1N. The van der Waals surface area contributed by atoms with Gasteiger partial charge >= 0.3 is 5.91 Å². The van der Waals surface area contributed by atoms with E-state index >= 15 is 0 Å². The first-order valence-electron chi connectivity index (χ1n) is 9.80. The van der Waals surface area contributed by atoms with E-state index in [4.69, 9.17) is 17.2 Å². The highest BCUT2D eigenvalue weighted by Crippen LogP contribution is 2.23. The molecule has 2 aromatic rings. The summed E-state index contributed by atoms with van der Waals surface area (Å²) in [6, 6.07) is 14.1. The Morgan fingerprint density at radius 1 is 1.19 bits per heavy atom. The van der Waals surface area contributed by atoms with E-state index in [1.54, 1.807) is 25.2 Å². The molecule has 1 atom stereocenters. The molecule has 2 rings (SSSR count). The summed E-state index contributed by atoms with van der Waals surface area (Å²) >= 11 is 0. The lowest BCUT2D eigenvalue weighted by Gasteiger charge is -2.17. The van der Waals surface area contributed by atoms with Gasteiger partial charge in [0.2, 0.25) is 11.7 Å². The molecule has 0 radical (unpaired) electrons. The summed E-state index contributed by atoms with van der Waals surface area (Å²) in [5.41, 5.74) is 19.6. The zero-order valence-corrected chi connectivity index (χ0v) is 17.4. The average molecular weight is 426 g/mol. The summed E-state index contributed by atoms with van der Waals surface area (Å²) in [5, 5.41) is 15.4. The van der Waals surface area contributed by atoms with Gasteiger partial charge in [0.15, 0.2) is 0 Å². The third-order valence-electron chi connectivity index (χ3n) is 4.57. The fourth-order valence-corrected chi connectivity index (χ4v) is 2.94. The number of nitrogens with one attached hydrogen (secondary N) is 3. The van der Waals surface area contributed by atoms with Crippen LogP contribution in [0.15, 0.2) is 60.4 Å². The van der Waals surface area contributed by atoms with Crippen LogP contribution in [0.5, 0.6) is 0 Å². The Morgan fingerprint density at radius 2 is 1.90 bits per heavy atom. The van der Waals surface area contributed by atoms with Gasteiger partial charge in [0, 0.05) is 17.9 Å². The molecule has 10 N–H and O–H groups in total. The smallest absolute Gasteiger partial charge is 0.373 e. The van der Waals surface area contributed by atoms with Crippen molar-refractivity contribution in [3.63, 3.8) is 0 Å². The number of benzene rings is 2. The number of anilines is 2. The van der Waals surface area contributed by atoms with E-state index in [0.717, 1.165) is 5.56 Å². The molecule has 164 valence electrons. The molecule has 1 unspecified atom stereocenters. The number of carbonyl (C=O) groups is 2. The van der Waals surface area contributed by atoms with Gasteiger partial charge in [-0.2, -0.15) is 0 Å². The number of hydrogen-bond acceptors (Lipinski definition) is 6. The Bertz CT molecular complexity index is 972. The average Bonchev–Trinajstić information content (AvgIpc) is 2.77. The summed E-state index contributed by atoms with van der Waals surface area (Å²) < 4.78 is 0. The number of carbonyl (C=O) groups excluding carboxylic acids is 2. The molecule has 0 heterocycles. The largest absolute Gasteiger partial charge is 0.502 e. The molecule has 9 nitrogen and oxygen atoms in total. The van der Waals surface area contributed by atoms with Crippen LogP contribution in [-0.2, 0) is 9.59 Å². The van der Waals surface area contributed by atoms with Crippen molar-refractivity contribution in [1.29, 1.82) is 0 Å². The number of aliphatic hydroxyl groups excluding tert-OH is 1. The number of likely N-dealkylation sites (N-methyl/N-ethyl adjacent to an activating group) is 1. The Morgan fingerprint density at radius 3 is 2.55 bits per heavy atom. The van der Waals surface area contributed by atoms with Crippen LogP contribution in [0.4, 0.5) is 11.4 Å². The van der Waals surface area contributed by atoms with E-state index in [0.29, 0.717) is 36.4 Å². The Balaban J connectivity index is 2.24. The van der Waals surface area contributed by atoms with Crippen molar-refractivity contribution in [3.05, 3.63) is 71.5 Å². The topological polar surface area (TPSA) is 170 Å². The monoisotopic (exact) mass is 425 g/mol. The molecule has 0 aliphatic rings. The van der Waals surface area contributed by atoms with E-state index in [-0.39, 0.29) is 11.7 Å². The zero-order valence-electron chi connectivity index (χ0n) is 17.4. The Hall–Kier alpha value is -3.69.